The minimum absolute atomic E-state index is 0.00568. The number of carbonyl (C=O) groups excluding carboxylic acids is 1. The fraction of sp³-hybridized carbons (Fsp3) is 0.708. The summed E-state index contributed by atoms with van der Waals surface area (Å²) in [6, 6.07) is 5.68. The van der Waals surface area contributed by atoms with Gasteiger partial charge in [-0.1, -0.05) is 52.7 Å². The highest BCUT2D eigenvalue weighted by Crippen LogP contribution is 2.35. The van der Waals surface area contributed by atoms with Crippen LogP contribution in [-0.2, 0) is 4.79 Å². The lowest BCUT2D eigenvalue weighted by molar-refractivity contribution is -0.122. The second kappa shape index (κ2) is 15.3. The Morgan fingerprint density at radius 3 is 2.31 bits per heavy atom. The molecule has 0 spiro atoms. The molecule has 0 aliphatic heterocycles. The highest BCUT2D eigenvalue weighted by atomic mass is 16.5. The maximum atomic E-state index is 12.2. The van der Waals surface area contributed by atoms with E-state index in [9.17, 15) is 9.90 Å². The van der Waals surface area contributed by atoms with Crippen LogP contribution in [-0.4, -0.2) is 37.2 Å². The zero-order valence-corrected chi connectivity index (χ0v) is 18.8. The molecule has 2 unspecified atom stereocenters. The van der Waals surface area contributed by atoms with Crippen molar-refractivity contribution in [3.8, 4) is 11.5 Å². The topological polar surface area (TPSA) is 67.8 Å². The third-order valence-electron chi connectivity index (χ3n) is 5.04. The Labute approximate surface area is 177 Å². The summed E-state index contributed by atoms with van der Waals surface area (Å²) in [5.74, 6) is 1.63. The van der Waals surface area contributed by atoms with E-state index in [0.717, 1.165) is 44.1 Å². The van der Waals surface area contributed by atoms with E-state index in [1.807, 2.05) is 32.0 Å². The average molecular weight is 408 g/mol. The van der Waals surface area contributed by atoms with Gasteiger partial charge in [-0.3, -0.25) is 4.79 Å². The number of ether oxygens (including phenoxy) is 2. The number of hydrogen-bond acceptors (Lipinski definition) is 5. The summed E-state index contributed by atoms with van der Waals surface area (Å²) in [5, 5.41) is 14.1. The summed E-state index contributed by atoms with van der Waals surface area (Å²) < 4.78 is 11.9. The van der Waals surface area contributed by atoms with Gasteiger partial charge in [0.1, 0.15) is 5.78 Å². The van der Waals surface area contributed by atoms with Crippen LogP contribution in [0.3, 0.4) is 0 Å². The smallest absolute Gasteiger partial charge is 0.166 e. The van der Waals surface area contributed by atoms with Crippen LogP contribution in [0.2, 0.25) is 0 Å². The number of ketones is 1. The lowest BCUT2D eigenvalue weighted by Gasteiger charge is -2.21. The van der Waals surface area contributed by atoms with Crippen LogP contribution in [0.5, 0.6) is 11.5 Å². The Morgan fingerprint density at radius 1 is 1.00 bits per heavy atom. The largest absolute Gasteiger partial charge is 0.490 e. The molecule has 0 amide bonds. The van der Waals surface area contributed by atoms with Gasteiger partial charge in [-0.25, -0.2) is 0 Å². The van der Waals surface area contributed by atoms with Crippen LogP contribution < -0.4 is 14.8 Å². The molecule has 166 valence electrons. The van der Waals surface area contributed by atoms with Crippen molar-refractivity contribution in [1.82, 2.24) is 5.32 Å². The van der Waals surface area contributed by atoms with Gasteiger partial charge in [0.25, 0.3) is 0 Å². The maximum Gasteiger partial charge on any atom is 0.166 e. The highest BCUT2D eigenvalue weighted by molar-refractivity contribution is 5.81. The van der Waals surface area contributed by atoms with Crippen LogP contribution in [0, 0.1) is 5.92 Å². The number of aliphatic hydroxyl groups is 1. The van der Waals surface area contributed by atoms with E-state index >= 15 is 0 Å². The number of para-hydroxylation sites is 1. The first kappa shape index (κ1) is 25.4. The van der Waals surface area contributed by atoms with Crippen LogP contribution in [0.25, 0.3) is 0 Å². The number of rotatable bonds is 17. The van der Waals surface area contributed by atoms with E-state index in [1.54, 1.807) is 0 Å². The number of aliphatic hydroxyl groups excluding tert-OH is 1. The van der Waals surface area contributed by atoms with Gasteiger partial charge >= 0.3 is 0 Å². The summed E-state index contributed by atoms with van der Waals surface area (Å²) in [5.41, 5.74) is 0.732. The second-order valence-electron chi connectivity index (χ2n) is 7.57. The van der Waals surface area contributed by atoms with Crippen LogP contribution in [0.15, 0.2) is 18.2 Å². The molecule has 5 heteroatoms. The van der Waals surface area contributed by atoms with E-state index < -0.39 is 6.10 Å². The minimum atomic E-state index is -0.722. The van der Waals surface area contributed by atoms with Crippen molar-refractivity contribution in [3.63, 3.8) is 0 Å². The molecule has 0 heterocycles. The van der Waals surface area contributed by atoms with Crippen molar-refractivity contribution in [3.05, 3.63) is 23.8 Å². The van der Waals surface area contributed by atoms with E-state index in [2.05, 4.69) is 19.2 Å². The fourth-order valence-corrected chi connectivity index (χ4v) is 3.15. The van der Waals surface area contributed by atoms with Crippen LogP contribution in [0.4, 0.5) is 0 Å². The van der Waals surface area contributed by atoms with E-state index in [0.29, 0.717) is 50.0 Å². The Kier molecular flexibility index (Phi) is 13.4. The molecule has 5 nitrogen and oxygen atoms in total. The number of unbranched alkanes of at least 4 members (excludes halogenated alkanes) is 2. The highest BCUT2D eigenvalue weighted by Gasteiger charge is 2.20. The van der Waals surface area contributed by atoms with Crippen molar-refractivity contribution >= 4 is 5.78 Å². The molecular formula is C24H41NO4. The van der Waals surface area contributed by atoms with Gasteiger partial charge in [0.2, 0.25) is 0 Å². The average Bonchev–Trinajstić information content (AvgIpc) is 2.72. The van der Waals surface area contributed by atoms with Crippen molar-refractivity contribution in [2.24, 2.45) is 5.92 Å². The van der Waals surface area contributed by atoms with E-state index in [4.69, 9.17) is 9.47 Å². The third kappa shape index (κ3) is 9.18. The molecule has 1 aromatic carbocycles. The van der Waals surface area contributed by atoms with Gasteiger partial charge in [-0.05, 0) is 31.7 Å². The Bertz CT molecular complexity index is 576. The zero-order chi connectivity index (χ0) is 21.5. The number of Topliss-reactive ketones (excluding diaryl/α,β-unsaturated/α-hetero) is 1. The van der Waals surface area contributed by atoms with Gasteiger partial charge in [0.05, 0.1) is 19.3 Å². The van der Waals surface area contributed by atoms with Crippen molar-refractivity contribution < 1.29 is 19.4 Å². The molecule has 0 radical (unpaired) electrons. The number of carbonyl (C=O) groups is 1. The molecule has 0 aliphatic carbocycles. The second-order valence-corrected chi connectivity index (χ2v) is 7.57. The molecule has 2 N–H and O–H groups in total. The Morgan fingerprint density at radius 2 is 1.69 bits per heavy atom. The maximum absolute atomic E-state index is 12.2. The monoisotopic (exact) mass is 407 g/mol. The van der Waals surface area contributed by atoms with Crippen molar-refractivity contribution in [2.75, 3.05) is 26.3 Å². The SMILES string of the molecule is CCCCOc1cccc(C(O)CNCC(CC)C(=O)CCC)c1OCCCC. The van der Waals surface area contributed by atoms with Crippen LogP contribution in [0.1, 0.15) is 84.3 Å². The molecule has 29 heavy (non-hydrogen) atoms. The predicted octanol–water partition coefficient (Wildman–Crippen LogP) is 5.06. The molecule has 0 saturated heterocycles. The molecule has 0 aromatic heterocycles. The summed E-state index contributed by atoms with van der Waals surface area (Å²) in [6.07, 6.45) is 5.63. The summed E-state index contributed by atoms with van der Waals surface area (Å²) in [4.78, 5) is 12.2. The van der Waals surface area contributed by atoms with Gasteiger partial charge in [-0.15, -0.1) is 0 Å². The first-order valence-corrected chi connectivity index (χ1v) is 11.4. The van der Waals surface area contributed by atoms with Gasteiger partial charge in [-0.2, -0.15) is 0 Å². The van der Waals surface area contributed by atoms with E-state index in [-0.39, 0.29) is 5.92 Å². The fourth-order valence-electron chi connectivity index (χ4n) is 3.15. The van der Waals surface area contributed by atoms with Crippen molar-refractivity contribution in [1.29, 1.82) is 0 Å². The van der Waals surface area contributed by atoms with Gasteiger partial charge in [0, 0.05) is 31.0 Å². The number of benzene rings is 1. The molecule has 0 saturated carbocycles. The molecular weight excluding hydrogens is 366 g/mol. The summed E-state index contributed by atoms with van der Waals surface area (Å²) in [7, 11) is 0. The molecule has 0 bridgehead atoms. The lowest BCUT2D eigenvalue weighted by atomic mass is 9.97. The molecule has 1 rings (SSSR count). The first-order chi connectivity index (χ1) is 14.1. The number of nitrogens with one attached hydrogen (secondary N) is 1. The summed E-state index contributed by atoms with van der Waals surface area (Å²) in [6.45, 7) is 10.5. The minimum Gasteiger partial charge on any atom is -0.490 e. The zero-order valence-electron chi connectivity index (χ0n) is 18.8. The van der Waals surface area contributed by atoms with Crippen LogP contribution >= 0.6 is 0 Å². The summed E-state index contributed by atoms with van der Waals surface area (Å²) >= 11 is 0. The standard InChI is InChI=1S/C24H41NO4/c1-5-9-15-28-23-14-11-13-20(24(23)29-16-10-6-2)22(27)18-25-17-19(8-4)21(26)12-7-3/h11,13-14,19,22,25,27H,5-10,12,15-18H2,1-4H3. The Hall–Kier alpha value is -1.59. The normalized spacial score (nSPS) is 13.1. The molecule has 0 aliphatic rings. The number of hydrogen-bond donors (Lipinski definition) is 2. The molecule has 2 atom stereocenters. The molecule has 1 aromatic rings. The van der Waals surface area contributed by atoms with Crippen molar-refractivity contribution in [2.45, 2.75) is 78.7 Å². The quantitative estimate of drug-likeness (QED) is 0.353. The lowest BCUT2D eigenvalue weighted by Crippen LogP contribution is -2.31. The Balaban J connectivity index is 2.79. The van der Waals surface area contributed by atoms with Gasteiger partial charge in [0.15, 0.2) is 11.5 Å². The first-order valence-electron chi connectivity index (χ1n) is 11.4. The van der Waals surface area contributed by atoms with E-state index in [1.165, 1.54) is 0 Å². The molecule has 0 fully saturated rings. The predicted molar refractivity (Wildman–Crippen MR) is 119 cm³/mol. The van der Waals surface area contributed by atoms with Gasteiger partial charge < -0.3 is 19.9 Å². The third-order valence-corrected chi connectivity index (χ3v) is 5.04.